The van der Waals surface area contributed by atoms with Crippen LogP contribution in [0.15, 0.2) is 60.2 Å². The first-order chi connectivity index (χ1) is 20.4. The predicted molar refractivity (Wildman–Crippen MR) is 143 cm³/mol. The van der Waals surface area contributed by atoms with Crippen molar-refractivity contribution in [3.63, 3.8) is 0 Å². The Morgan fingerprint density at radius 1 is 0.977 bits per heavy atom. The molecule has 0 saturated heterocycles. The van der Waals surface area contributed by atoms with Crippen LogP contribution in [0.2, 0.25) is 0 Å². The third kappa shape index (κ3) is 5.67. The summed E-state index contributed by atoms with van der Waals surface area (Å²) in [7, 11) is 1.17. The fourth-order valence-corrected chi connectivity index (χ4v) is 6.05. The minimum absolute atomic E-state index is 0.245. The fourth-order valence-electron chi connectivity index (χ4n) is 6.05. The second kappa shape index (κ2) is 11.5. The standard InChI is InChI=1S/C31H23F6N3O3/c1-43-26-13-25(34)24(33)12-21(26)29(41)40-28-19-8-7-18(20(19)10-15-4-2-3-5-16(15)14-38)27(28)30(42)39-17-6-9-23(32)22(11-17)31(35,36)37/h2-6,9-13,18-19,27-28H,7-8H2,1H3,(H,39,42)(H,40,41)/b20-10-/t18?,19?,27-,28+/m0/s1. The van der Waals surface area contributed by atoms with Crippen LogP contribution in [0.5, 0.6) is 5.75 Å². The average molecular weight is 600 g/mol. The van der Waals surface area contributed by atoms with Crippen LogP contribution < -0.4 is 15.4 Å². The van der Waals surface area contributed by atoms with Gasteiger partial charge >= 0.3 is 6.18 Å². The normalized spacial score (nSPS) is 21.9. The van der Waals surface area contributed by atoms with E-state index in [-0.39, 0.29) is 17.0 Å². The van der Waals surface area contributed by atoms with E-state index in [0.29, 0.717) is 48.2 Å². The molecule has 12 heteroatoms. The van der Waals surface area contributed by atoms with Crippen LogP contribution in [0.1, 0.15) is 39.9 Å². The molecule has 3 aromatic rings. The summed E-state index contributed by atoms with van der Waals surface area (Å²) < 4.78 is 86.7. The molecule has 2 amide bonds. The molecular weight excluding hydrogens is 576 g/mol. The number of hydrogen-bond donors (Lipinski definition) is 2. The van der Waals surface area contributed by atoms with Gasteiger partial charge < -0.3 is 15.4 Å². The monoisotopic (exact) mass is 599 g/mol. The van der Waals surface area contributed by atoms with Crippen molar-refractivity contribution in [1.29, 1.82) is 5.26 Å². The van der Waals surface area contributed by atoms with E-state index in [2.05, 4.69) is 16.7 Å². The molecule has 4 atom stereocenters. The summed E-state index contributed by atoms with van der Waals surface area (Å²) in [6.07, 6.45) is -2.20. The number of hydrogen-bond acceptors (Lipinski definition) is 4. The number of fused-ring (bicyclic) bond motifs is 2. The molecule has 6 nitrogen and oxygen atoms in total. The molecule has 2 aliphatic carbocycles. The van der Waals surface area contributed by atoms with E-state index in [4.69, 9.17) is 4.74 Å². The molecule has 0 heterocycles. The van der Waals surface area contributed by atoms with Crippen LogP contribution >= 0.6 is 0 Å². The Morgan fingerprint density at radius 2 is 1.67 bits per heavy atom. The third-order valence-corrected chi connectivity index (χ3v) is 7.93. The predicted octanol–water partition coefficient (Wildman–Crippen LogP) is 6.48. The Morgan fingerprint density at radius 3 is 2.37 bits per heavy atom. The lowest BCUT2D eigenvalue weighted by atomic mass is 9.83. The van der Waals surface area contributed by atoms with Gasteiger partial charge in [0, 0.05) is 23.7 Å². The van der Waals surface area contributed by atoms with Crippen molar-refractivity contribution in [3.05, 3.63) is 99.9 Å². The Balaban J connectivity index is 1.52. The molecule has 0 spiro atoms. The smallest absolute Gasteiger partial charge is 0.419 e. The average Bonchev–Trinajstić information content (AvgIpc) is 3.49. The summed E-state index contributed by atoms with van der Waals surface area (Å²) in [4.78, 5) is 27.0. The highest BCUT2D eigenvalue weighted by molar-refractivity contribution is 5.99. The van der Waals surface area contributed by atoms with Gasteiger partial charge in [-0.3, -0.25) is 9.59 Å². The highest BCUT2D eigenvalue weighted by Gasteiger charge is 2.54. The SMILES string of the molecule is COc1cc(F)c(F)cc1C(=O)N[C@@H]1C2CCC(/C2=C/c2ccccc2C#N)[C@@H]1C(=O)Nc1ccc(F)c(C(F)(F)F)c1. The number of amides is 2. The number of halogens is 6. The van der Waals surface area contributed by atoms with E-state index in [1.807, 2.05) is 0 Å². The number of benzene rings is 3. The summed E-state index contributed by atoms with van der Waals surface area (Å²) in [6.45, 7) is 0. The van der Waals surface area contributed by atoms with E-state index >= 15 is 0 Å². The minimum atomic E-state index is -5.00. The molecule has 0 aliphatic heterocycles. The van der Waals surface area contributed by atoms with Gasteiger partial charge in [-0.05, 0) is 54.7 Å². The van der Waals surface area contributed by atoms with Crippen LogP contribution in [-0.2, 0) is 11.0 Å². The molecule has 2 fully saturated rings. The van der Waals surface area contributed by atoms with Gasteiger partial charge in [0.2, 0.25) is 5.91 Å². The molecule has 2 saturated carbocycles. The highest BCUT2D eigenvalue weighted by Crippen LogP contribution is 2.54. The second-order valence-electron chi connectivity index (χ2n) is 10.3. The number of nitrogens with one attached hydrogen (secondary N) is 2. The van der Waals surface area contributed by atoms with Gasteiger partial charge in [0.05, 0.1) is 35.8 Å². The zero-order chi connectivity index (χ0) is 31.1. The van der Waals surface area contributed by atoms with E-state index in [0.717, 1.165) is 11.6 Å². The summed E-state index contributed by atoms with van der Waals surface area (Å²) in [5.41, 5.74) is -0.465. The summed E-state index contributed by atoms with van der Waals surface area (Å²) in [6, 6.07) is 11.4. The fraction of sp³-hybridized carbons (Fsp3) is 0.258. The Labute approximate surface area is 242 Å². The van der Waals surface area contributed by atoms with Crippen molar-refractivity contribution in [2.75, 3.05) is 12.4 Å². The van der Waals surface area contributed by atoms with Crippen molar-refractivity contribution in [1.82, 2.24) is 5.32 Å². The number of nitrogens with zero attached hydrogens (tertiary/aromatic N) is 1. The number of carbonyl (C=O) groups is 2. The van der Waals surface area contributed by atoms with Crippen LogP contribution in [0, 0.1) is 46.5 Å². The van der Waals surface area contributed by atoms with E-state index in [9.17, 15) is 41.2 Å². The molecular formula is C31H23F6N3O3. The number of carbonyl (C=O) groups excluding carboxylic acids is 2. The van der Waals surface area contributed by atoms with E-state index < -0.39 is 64.8 Å². The maximum atomic E-state index is 14.1. The molecule has 222 valence electrons. The number of nitriles is 1. The summed E-state index contributed by atoms with van der Waals surface area (Å²) in [5.74, 6) is -7.76. The zero-order valence-corrected chi connectivity index (χ0v) is 22.4. The van der Waals surface area contributed by atoms with Crippen molar-refractivity contribution < 1.29 is 40.7 Å². The largest absolute Gasteiger partial charge is 0.496 e. The summed E-state index contributed by atoms with van der Waals surface area (Å²) in [5, 5.41) is 14.7. The maximum Gasteiger partial charge on any atom is 0.419 e. The number of anilines is 1. The lowest BCUT2D eigenvalue weighted by Gasteiger charge is -2.30. The van der Waals surface area contributed by atoms with Crippen LogP contribution in [0.25, 0.3) is 6.08 Å². The highest BCUT2D eigenvalue weighted by atomic mass is 19.4. The van der Waals surface area contributed by atoms with Crippen molar-refractivity contribution in [2.45, 2.75) is 25.1 Å². The first kappa shape index (κ1) is 29.7. The van der Waals surface area contributed by atoms with Gasteiger partial charge in [-0.25, -0.2) is 13.2 Å². The van der Waals surface area contributed by atoms with Crippen LogP contribution in [-0.4, -0.2) is 25.0 Å². The Kier molecular flexibility index (Phi) is 7.92. The first-order valence-corrected chi connectivity index (χ1v) is 13.1. The molecule has 0 radical (unpaired) electrons. The van der Waals surface area contributed by atoms with Crippen molar-refractivity contribution in [3.8, 4) is 11.8 Å². The van der Waals surface area contributed by atoms with Gasteiger partial charge in [0.25, 0.3) is 5.91 Å². The van der Waals surface area contributed by atoms with Crippen molar-refractivity contribution >= 4 is 23.6 Å². The van der Waals surface area contributed by atoms with Gasteiger partial charge in [-0.2, -0.15) is 18.4 Å². The minimum Gasteiger partial charge on any atom is -0.496 e. The van der Waals surface area contributed by atoms with Crippen LogP contribution in [0.3, 0.4) is 0 Å². The van der Waals surface area contributed by atoms with E-state index in [1.165, 1.54) is 7.11 Å². The molecule has 2 bridgehead atoms. The molecule has 2 N–H and O–H groups in total. The Hall–Kier alpha value is -4.79. The van der Waals surface area contributed by atoms with Crippen molar-refractivity contribution in [2.24, 2.45) is 17.8 Å². The zero-order valence-electron chi connectivity index (χ0n) is 22.4. The number of ether oxygens (including phenoxy) is 1. The van der Waals surface area contributed by atoms with Gasteiger partial charge in [-0.15, -0.1) is 0 Å². The number of methoxy groups -OCH3 is 1. The third-order valence-electron chi connectivity index (χ3n) is 7.93. The Bertz CT molecular complexity index is 1680. The topological polar surface area (TPSA) is 91.2 Å². The molecule has 0 aromatic heterocycles. The quantitative estimate of drug-likeness (QED) is 0.318. The first-order valence-electron chi connectivity index (χ1n) is 13.1. The lowest BCUT2D eigenvalue weighted by molar-refractivity contribution is -0.140. The molecule has 5 rings (SSSR count). The lowest BCUT2D eigenvalue weighted by Crippen LogP contribution is -2.48. The van der Waals surface area contributed by atoms with Gasteiger partial charge in [0.15, 0.2) is 11.6 Å². The van der Waals surface area contributed by atoms with Gasteiger partial charge in [-0.1, -0.05) is 29.8 Å². The maximum absolute atomic E-state index is 14.1. The molecule has 2 aliphatic rings. The van der Waals surface area contributed by atoms with E-state index in [1.54, 1.807) is 30.3 Å². The molecule has 3 aromatic carbocycles. The second-order valence-corrected chi connectivity index (χ2v) is 10.3. The summed E-state index contributed by atoms with van der Waals surface area (Å²) >= 11 is 0. The van der Waals surface area contributed by atoms with Gasteiger partial charge in [0.1, 0.15) is 11.6 Å². The number of alkyl halides is 3. The molecule has 2 unspecified atom stereocenters. The number of rotatable bonds is 6. The molecule has 43 heavy (non-hydrogen) atoms. The van der Waals surface area contributed by atoms with Crippen LogP contribution in [0.4, 0.5) is 32.0 Å².